The number of aromatic carboxylic acids is 1. The number of morpholine rings is 1. The Bertz CT molecular complexity index is 767. The van der Waals surface area contributed by atoms with Crippen molar-refractivity contribution in [2.24, 2.45) is 0 Å². The summed E-state index contributed by atoms with van der Waals surface area (Å²) in [5.41, 5.74) is 1.05. The molecule has 2 aromatic rings. The summed E-state index contributed by atoms with van der Waals surface area (Å²) in [5, 5.41) is 9.24. The van der Waals surface area contributed by atoms with Gasteiger partial charge >= 0.3 is 5.97 Å². The molecule has 3 rings (SSSR count). The summed E-state index contributed by atoms with van der Waals surface area (Å²) in [6.07, 6.45) is 0.209. The number of hydrogen-bond donors (Lipinski definition) is 1. The number of aryl methyl sites for hydroxylation is 1. The molecule has 1 amide bonds. The second-order valence-electron chi connectivity index (χ2n) is 6.15. The fraction of sp³-hybridized carbons (Fsp3) is 0.368. The normalized spacial score (nSPS) is 20.5. The lowest BCUT2D eigenvalue weighted by Gasteiger charge is -2.37. The van der Waals surface area contributed by atoms with Crippen molar-refractivity contribution in [2.75, 3.05) is 13.2 Å². The third kappa shape index (κ3) is 3.44. The Morgan fingerprint density at radius 1 is 1.28 bits per heavy atom. The number of furan rings is 1. The van der Waals surface area contributed by atoms with E-state index in [1.54, 1.807) is 11.8 Å². The van der Waals surface area contributed by atoms with Gasteiger partial charge in [0.25, 0.3) is 5.91 Å². The topological polar surface area (TPSA) is 80.0 Å². The first kappa shape index (κ1) is 17.2. The Morgan fingerprint density at radius 2 is 2.00 bits per heavy atom. The number of hydrogen-bond acceptors (Lipinski definition) is 4. The summed E-state index contributed by atoms with van der Waals surface area (Å²) in [6.45, 7) is 4.51. The van der Waals surface area contributed by atoms with Crippen LogP contribution in [-0.2, 0) is 11.2 Å². The van der Waals surface area contributed by atoms with Gasteiger partial charge < -0.3 is 19.2 Å². The lowest BCUT2D eigenvalue weighted by Crippen LogP contribution is -2.48. The molecule has 1 fully saturated rings. The van der Waals surface area contributed by atoms with Crippen LogP contribution in [0.15, 0.2) is 40.8 Å². The largest absolute Gasteiger partial charge is 0.478 e. The first-order valence-electron chi connectivity index (χ1n) is 8.34. The highest BCUT2D eigenvalue weighted by atomic mass is 16.5. The third-order valence-electron chi connectivity index (χ3n) is 4.44. The summed E-state index contributed by atoms with van der Waals surface area (Å²) in [4.78, 5) is 25.8. The van der Waals surface area contributed by atoms with Gasteiger partial charge in [-0.3, -0.25) is 4.79 Å². The number of nitrogens with zero attached hydrogens (tertiary/aromatic N) is 1. The number of carbonyl (C=O) groups is 2. The predicted octanol–water partition coefficient (Wildman–Crippen LogP) is 3.14. The van der Waals surface area contributed by atoms with Crippen LogP contribution >= 0.6 is 0 Å². The minimum atomic E-state index is -1.09. The Labute approximate surface area is 146 Å². The maximum atomic E-state index is 12.9. The minimum absolute atomic E-state index is 0.0476. The third-order valence-corrected chi connectivity index (χ3v) is 4.44. The zero-order valence-electron chi connectivity index (χ0n) is 14.3. The van der Waals surface area contributed by atoms with E-state index in [9.17, 15) is 14.7 Å². The van der Waals surface area contributed by atoms with E-state index in [2.05, 4.69) is 0 Å². The van der Waals surface area contributed by atoms with E-state index in [0.29, 0.717) is 25.3 Å². The summed E-state index contributed by atoms with van der Waals surface area (Å²) >= 11 is 0. The first-order valence-corrected chi connectivity index (χ1v) is 8.34. The smallest absolute Gasteiger partial charge is 0.339 e. The molecule has 25 heavy (non-hydrogen) atoms. The second-order valence-corrected chi connectivity index (χ2v) is 6.15. The molecule has 6 nitrogen and oxygen atoms in total. The molecule has 2 heterocycles. The highest BCUT2D eigenvalue weighted by molar-refractivity contribution is 5.96. The van der Waals surface area contributed by atoms with Crippen molar-refractivity contribution in [3.8, 4) is 0 Å². The Hall–Kier alpha value is -2.60. The van der Waals surface area contributed by atoms with Crippen LogP contribution in [0.4, 0.5) is 0 Å². The van der Waals surface area contributed by atoms with E-state index < -0.39 is 5.97 Å². The molecule has 0 aliphatic carbocycles. The van der Waals surface area contributed by atoms with Crippen molar-refractivity contribution in [1.29, 1.82) is 0 Å². The van der Waals surface area contributed by atoms with Gasteiger partial charge in [0.05, 0.1) is 19.2 Å². The maximum Gasteiger partial charge on any atom is 0.339 e. The van der Waals surface area contributed by atoms with E-state index in [-0.39, 0.29) is 29.4 Å². The highest BCUT2D eigenvalue weighted by Crippen LogP contribution is 2.27. The predicted molar refractivity (Wildman–Crippen MR) is 90.7 cm³/mol. The van der Waals surface area contributed by atoms with Gasteiger partial charge in [0, 0.05) is 12.5 Å². The van der Waals surface area contributed by atoms with Gasteiger partial charge in [-0.05, 0) is 12.5 Å². The van der Waals surface area contributed by atoms with Crippen LogP contribution < -0.4 is 0 Å². The fourth-order valence-corrected chi connectivity index (χ4v) is 3.03. The molecular weight excluding hydrogens is 322 g/mol. The van der Waals surface area contributed by atoms with Crippen molar-refractivity contribution < 1.29 is 23.8 Å². The molecule has 1 aliphatic rings. The van der Waals surface area contributed by atoms with E-state index in [1.165, 1.54) is 6.07 Å². The van der Waals surface area contributed by atoms with Crippen LogP contribution in [-0.4, -0.2) is 41.1 Å². The quantitative estimate of drug-likeness (QED) is 0.922. The molecule has 1 aromatic carbocycles. The lowest BCUT2D eigenvalue weighted by molar-refractivity contribution is -0.0495. The Balaban J connectivity index is 1.84. The van der Waals surface area contributed by atoms with Gasteiger partial charge in [-0.1, -0.05) is 37.3 Å². The van der Waals surface area contributed by atoms with Gasteiger partial charge in [-0.25, -0.2) is 4.79 Å². The molecular formula is C19H21NO5. The van der Waals surface area contributed by atoms with Crippen molar-refractivity contribution in [3.05, 3.63) is 59.0 Å². The van der Waals surface area contributed by atoms with Crippen LogP contribution in [0.2, 0.25) is 0 Å². The van der Waals surface area contributed by atoms with Gasteiger partial charge in [0.1, 0.15) is 17.4 Å². The molecule has 1 saturated heterocycles. The molecule has 0 spiro atoms. The number of rotatable bonds is 4. The molecule has 1 aliphatic heterocycles. The number of carbonyl (C=O) groups excluding carboxylic acids is 1. The van der Waals surface area contributed by atoms with Gasteiger partial charge in [-0.2, -0.15) is 0 Å². The standard InChI is InChI=1S/C19H21NO5/c1-3-15-14(19(22)23)9-16(25-15)18(21)20-10-17(24-11-12(20)2)13-7-5-4-6-8-13/h4-9,12,17H,3,10-11H2,1-2H3,(H,22,23). The summed E-state index contributed by atoms with van der Waals surface area (Å²) in [7, 11) is 0. The number of benzene rings is 1. The summed E-state index contributed by atoms with van der Waals surface area (Å²) < 4.78 is 11.4. The van der Waals surface area contributed by atoms with E-state index >= 15 is 0 Å². The fourth-order valence-electron chi connectivity index (χ4n) is 3.03. The highest BCUT2D eigenvalue weighted by Gasteiger charge is 2.33. The SMILES string of the molecule is CCc1oc(C(=O)N2CC(c3ccccc3)OCC2C)cc1C(=O)O. The molecule has 2 atom stereocenters. The molecule has 1 N–H and O–H groups in total. The van der Waals surface area contributed by atoms with E-state index in [4.69, 9.17) is 9.15 Å². The first-order chi connectivity index (χ1) is 12.0. The molecule has 2 unspecified atom stereocenters. The number of amides is 1. The molecule has 132 valence electrons. The van der Waals surface area contributed by atoms with Gasteiger partial charge in [0.15, 0.2) is 5.76 Å². The lowest BCUT2D eigenvalue weighted by atomic mass is 10.1. The van der Waals surface area contributed by atoms with Crippen LogP contribution in [0.25, 0.3) is 0 Å². The minimum Gasteiger partial charge on any atom is -0.478 e. The average molecular weight is 343 g/mol. The van der Waals surface area contributed by atoms with Crippen molar-refractivity contribution in [3.63, 3.8) is 0 Å². The number of carboxylic acids is 1. The zero-order valence-corrected chi connectivity index (χ0v) is 14.3. The van der Waals surface area contributed by atoms with E-state index in [1.807, 2.05) is 37.3 Å². The average Bonchev–Trinajstić information content (AvgIpc) is 3.07. The van der Waals surface area contributed by atoms with Crippen LogP contribution in [0.3, 0.4) is 0 Å². The summed E-state index contributed by atoms with van der Waals surface area (Å²) in [6, 6.07) is 10.9. The summed E-state index contributed by atoms with van der Waals surface area (Å²) in [5.74, 6) is -1.01. The van der Waals surface area contributed by atoms with Crippen LogP contribution in [0, 0.1) is 0 Å². The molecule has 1 aromatic heterocycles. The monoisotopic (exact) mass is 343 g/mol. The number of carboxylic acid groups (broad SMARTS) is 1. The van der Waals surface area contributed by atoms with Crippen molar-refractivity contribution >= 4 is 11.9 Å². The molecule has 0 bridgehead atoms. The van der Waals surface area contributed by atoms with E-state index in [0.717, 1.165) is 5.56 Å². The molecule has 6 heteroatoms. The molecule has 0 saturated carbocycles. The Morgan fingerprint density at radius 3 is 2.60 bits per heavy atom. The van der Waals surface area contributed by atoms with Crippen LogP contribution in [0.5, 0.6) is 0 Å². The van der Waals surface area contributed by atoms with Crippen molar-refractivity contribution in [2.45, 2.75) is 32.4 Å². The molecule has 0 radical (unpaired) electrons. The van der Waals surface area contributed by atoms with Gasteiger partial charge in [-0.15, -0.1) is 0 Å². The maximum absolute atomic E-state index is 12.9. The second kappa shape index (κ2) is 7.11. The number of ether oxygens (including phenoxy) is 1. The van der Waals surface area contributed by atoms with Gasteiger partial charge in [0.2, 0.25) is 0 Å². The Kier molecular flexibility index (Phi) is 4.90. The van der Waals surface area contributed by atoms with Crippen LogP contribution in [0.1, 0.15) is 52.2 Å². The van der Waals surface area contributed by atoms with Crippen molar-refractivity contribution in [1.82, 2.24) is 4.90 Å². The zero-order chi connectivity index (χ0) is 18.0.